The van der Waals surface area contributed by atoms with Crippen LogP contribution >= 0.6 is 11.9 Å². The molecule has 0 spiro atoms. The summed E-state index contributed by atoms with van der Waals surface area (Å²) in [5, 5.41) is 18.7. The van der Waals surface area contributed by atoms with Crippen LogP contribution in [0.15, 0.2) is 41.3 Å². The number of nitriles is 1. The highest BCUT2D eigenvalue weighted by Gasteiger charge is 2.25. The second-order valence-corrected chi connectivity index (χ2v) is 8.20. The van der Waals surface area contributed by atoms with E-state index in [9.17, 15) is 15.2 Å². The molecule has 6 nitrogen and oxygen atoms in total. The first kappa shape index (κ1) is 19.5. The number of fused-ring (bicyclic) bond motifs is 4. The Balaban J connectivity index is 1.73. The van der Waals surface area contributed by atoms with E-state index in [4.69, 9.17) is 4.74 Å². The molecular weight excluding hydrogens is 386 g/mol. The van der Waals surface area contributed by atoms with Crippen LogP contribution in [0.3, 0.4) is 0 Å². The number of piperidine rings is 1. The summed E-state index contributed by atoms with van der Waals surface area (Å²) < 4.78 is 9.35. The Morgan fingerprint density at radius 2 is 2.07 bits per heavy atom. The van der Waals surface area contributed by atoms with Gasteiger partial charge in [-0.2, -0.15) is 5.26 Å². The van der Waals surface area contributed by atoms with E-state index in [0.717, 1.165) is 43.6 Å². The number of benzene rings is 2. The third kappa shape index (κ3) is 4.28. The van der Waals surface area contributed by atoms with Gasteiger partial charge in [0.05, 0.1) is 40.1 Å². The molecule has 1 unspecified atom stereocenters. The first-order valence-electron chi connectivity index (χ1n) is 9.89. The van der Waals surface area contributed by atoms with E-state index in [1.807, 2.05) is 18.2 Å². The maximum absolute atomic E-state index is 11.4. The average molecular weight is 410 g/mol. The first-order chi connectivity index (χ1) is 14.2. The van der Waals surface area contributed by atoms with Gasteiger partial charge in [-0.05, 0) is 80.5 Å². The summed E-state index contributed by atoms with van der Waals surface area (Å²) in [5.41, 5.74) is 2.77. The Hall–Kier alpha value is -2.85. The number of anilines is 2. The van der Waals surface area contributed by atoms with Crippen molar-refractivity contribution in [1.82, 2.24) is 0 Å². The molecule has 7 heteroatoms. The van der Waals surface area contributed by atoms with Crippen molar-refractivity contribution in [1.29, 1.82) is 5.26 Å². The number of ether oxygens (including phenoxy) is 1. The van der Waals surface area contributed by atoms with Crippen LogP contribution in [0, 0.1) is 11.3 Å². The topological polar surface area (TPSA) is 85.6 Å². The zero-order chi connectivity index (χ0) is 20.2. The van der Waals surface area contributed by atoms with Gasteiger partial charge in [-0.15, -0.1) is 0 Å². The molecule has 0 aromatic heterocycles. The molecule has 2 aromatic rings. The Labute approximate surface area is 174 Å². The average Bonchev–Trinajstić information content (AvgIpc) is 2.75. The molecule has 2 aromatic carbocycles. The van der Waals surface area contributed by atoms with Gasteiger partial charge < -0.3 is 19.5 Å². The quantitative estimate of drug-likeness (QED) is 0.648. The summed E-state index contributed by atoms with van der Waals surface area (Å²) in [6.07, 6.45) is 5.52. The largest absolute Gasteiger partial charge is 0.492 e. The molecule has 150 valence electrons. The summed E-state index contributed by atoms with van der Waals surface area (Å²) >= 11 is 1.32. The van der Waals surface area contributed by atoms with Gasteiger partial charge in [0.1, 0.15) is 5.75 Å². The number of carboxylic acid groups (broad SMARTS) is 1. The fourth-order valence-electron chi connectivity index (χ4n) is 4.01. The van der Waals surface area contributed by atoms with Crippen LogP contribution in [0.2, 0.25) is 0 Å². The van der Waals surface area contributed by atoms with E-state index in [2.05, 4.69) is 15.7 Å². The van der Waals surface area contributed by atoms with Gasteiger partial charge >= 0.3 is 5.97 Å². The normalized spacial score (nSPS) is 19.0. The predicted molar refractivity (Wildman–Crippen MR) is 114 cm³/mol. The Kier molecular flexibility index (Phi) is 5.81. The van der Waals surface area contributed by atoms with Crippen molar-refractivity contribution in [2.75, 3.05) is 22.8 Å². The van der Waals surface area contributed by atoms with Crippen LogP contribution in [0.4, 0.5) is 11.4 Å². The molecule has 0 aliphatic carbocycles. The van der Waals surface area contributed by atoms with Gasteiger partial charge in [0.25, 0.3) is 0 Å². The van der Waals surface area contributed by atoms with Crippen LogP contribution in [-0.2, 0) is 0 Å². The van der Waals surface area contributed by atoms with Crippen LogP contribution in [0.25, 0.3) is 0 Å². The molecule has 2 N–H and O–H groups in total. The zero-order valence-corrected chi connectivity index (χ0v) is 16.9. The first-order valence-corrected chi connectivity index (χ1v) is 10.7. The minimum atomic E-state index is -0.970. The molecule has 0 radical (unpaired) electrons. The van der Waals surface area contributed by atoms with E-state index < -0.39 is 5.97 Å². The highest BCUT2D eigenvalue weighted by molar-refractivity contribution is 8.00. The van der Waals surface area contributed by atoms with E-state index in [1.54, 1.807) is 18.2 Å². The number of nitrogens with one attached hydrogen (secondary N) is 1. The van der Waals surface area contributed by atoms with Gasteiger partial charge in [-0.25, -0.2) is 4.79 Å². The Morgan fingerprint density at radius 3 is 2.90 bits per heavy atom. The van der Waals surface area contributed by atoms with E-state index in [1.165, 1.54) is 18.4 Å². The van der Waals surface area contributed by atoms with Crippen molar-refractivity contribution in [3.63, 3.8) is 0 Å². The SMILES string of the molecule is N#Cc1ccc2c(c1)NSc1cc(C(=O)O)ccc1OCCCC1CCCCN21. The molecule has 1 saturated heterocycles. The van der Waals surface area contributed by atoms with Gasteiger partial charge in [-0.1, -0.05) is 0 Å². The summed E-state index contributed by atoms with van der Waals surface area (Å²) in [4.78, 5) is 14.6. The highest BCUT2D eigenvalue weighted by Crippen LogP contribution is 2.38. The minimum absolute atomic E-state index is 0.218. The van der Waals surface area contributed by atoms with Crippen molar-refractivity contribution in [2.24, 2.45) is 0 Å². The molecule has 2 aliphatic rings. The van der Waals surface area contributed by atoms with Crippen LogP contribution in [-0.4, -0.2) is 30.3 Å². The molecule has 2 aliphatic heterocycles. The highest BCUT2D eigenvalue weighted by atomic mass is 32.2. The van der Waals surface area contributed by atoms with Crippen molar-refractivity contribution in [3.8, 4) is 11.8 Å². The second-order valence-electron chi connectivity index (χ2n) is 7.35. The standard InChI is InChI=1S/C22H23N3O3S/c23-14-15-6-8-19-18(12-15)24-29-21-13-16(22(26)27)7-9-20(21)28-11-3-5-17-4-1-2-10-25(17)19/h6-9,12-13,17,24H,1-5,10-11H2,(H,26,27). The summed E-state index contributed by atoms with van der Waals surface area (Å²) in [5.74, 6) is -0.297. The third-order valence-electron chi connectivity index (χ3n) is 5.46. The Bertz CT molecular complexity index is 957. The van der Waals surface area contributed by atoms with Gasteiger partial charge in [0.15, 0.2) is 0 Å². The van der Waals surface area contributed by atoms with Crippen LogP contribution < -0.4 is 14.4 Å². The van der Waals surface area contributed by atoms with Crippen molar-refractivity contribution in [2.45, 2.75) is 43.0 Å². The van der Waals surface area contributed by atoms with Crippen molar-refractivity contribution < 1.29 is 14.6 Å². The fraction of sp³-hybridized carbons (Fsp3) is 0.364. The lowest BCUT2D eigenvalue weighted by Crippen LogP contribution is -2.40. The number of hydrogen-bond donors (Lipinski definition) is 2. The van der Waals surface area contributed by atoms with Crippen molar-refractivity contribution >= 4 is 29.3 Å². The number of aromatic carboxylic acids is 1. The van der Waals surface area contributed by atoms with Crippen LogP contribution in [0.5, 0.6) is 5.75 Å². The fourth-order valence-corrected chi connectivity index (χ4v) is 4.80. The maximum atomic E-state index is 11.4. The van der Waals surface area contributed by atoms with Crippen LogP contribution in [0.1, 0.15) is 48.0 Å². The lowest BCUT2D eigenvalue weighted by atomic mass is 9.96. The number of nitrogens with zero attached hydrogens (tertiary/aromatic N) is 2. The molecule has 2 heterocycles. The Morgan fingerprint density at radius 1 is 1.21 bits per heavy atom. The van der Waals surface area contributed by atoms with E-state index >= 15 is 0 Å². The molecule has 29 heavy (non-hydrogen) atoms. The lowest BCUT2D eigenvalue weighted by molar-refractivity contribution is 0.0696. The number of hydrogen-bond acceptors (Lipinski definition) is 6. The number of carbonyl (C=O) groups is 1. The second kappa shape index (κ2) is 8.66. The van der Waals surface area contributed by atoms with Gasteiger partial charge in [0, 0.05) is 12.6 Å². The zero-order valence-electron chi connectivity index (χ0n) is 16.1. The molecule has 0 saturated carbocycles. The molecule has 0 bridgehead atoms. The monoisotopic (exact) mass is 409 g/mol. The predicted octanol–water partition coefficient (Wildman–Crippen LogP) is 4.91. The lowest BCUT2D eigenvalue weighted by Gasteiger charge is -2.39. The molecule has 1 atom stereocenters. The smallest absolute Gasteiger partial charge is 0.335 e. The van der Waals surface area contributed by atoms with Crippen molar-refractivity contribution in [3.05, 3.63) is 47.5 Å². The molecule has 4 rings (SSSR count). The number of rotatable bonds is 1. The van der Waals surface area contributed by atoms with Gasteiger partial charge in [0.2, 0.25) is 0 Å². The minimum Gasteiger partial charge on any atom is -0.492 e. The van der Waals surface area contributed by atoms with Gasteiger partial charge in [-0.3, -0.25) is 0 Å². The molecule has 0 amide bonds. The summed E-state index contributed by atoms with van der Waals surface area (Å²) in [6.45, 7) is 1.60. The maximum Gasteiger partial charge on any atom is 0.335 e. The van der Waals surface area contributed by atoms with E-state index in [-0.39, 0.29) is 5.56 Å². The molecular formula is C22H23N3O3S. The number of carboxylic acids is 1. The summed E-state index contributed by atoms with van der Waals surface area (Å²) in [6, 6.07) is 13.3. The summed E-state index contributed by atoms with van der Waals surface area (Å²) in [7, 11) is 0. The van der Waals surface area contributed by atoms with E-state index in [0.29, 0.717) is 28.9 Å². The third-order valence-corrected chi connectivity index (χ3v) is 6.32. The molecule has 1 fully saturated rings.